The van der Waals surface area contributed by atoms with Crippen molar-refractivity contribution < 1.29 is 23.8 Å². The van der Waals surface area contributed by atoms with E-state index in [4.69, 9.17) is 9.47 Å². The molecule has 0 saturated heterocycles. The van der Waals surface area contributed by atoms with Crippen LogP contribution in [0.25, 0.3) is 11.1 Å². The third-order valence-electron chi connectivity index (χ3n) is 4.11. The molecule has 0 unspecified atom stereocenters. The van der Waals surface area contributed by atoms with Crippen LogP contribution in [0.2, 0.25) is 0 Å². The van der Waals surface area contributed by atoms with Gasteiger partial charge < -0.3 is 14.2 Å². The van der Waals surface area contributed by atoms with Crippen molar-refractivity contribution in [2.45, 2.75) is 6.92 Å². The van der Waals surface area contributed by atoms with Crippen LogP contribution in [0.1, 0.15) is 27.6 Å². The van der Waals surface area contributed by atoms with Crippen LogP contribution in [0.4, 0.5) is 0 Å². The first-order chi connectivity index (χ1) is 13.6. The number of carbonyl (C=O) groups excluding carboxylic acids is 2. The summed E-state index contributed by atoms with van der Waals surface area (Å²) in [5, 5.41) is 0. The molecule has 5 heteroatoms. The Hall–Kier alpha value is -3.60. The Morgan fingerprint density at radius 3 is 1.68 bits per heavy atom. The van der Waals surface area contributed by atoms with E-state index >= 15 is 0 Å². The van der Waals surface area contributed by atoms with Crippen molar-refractivity contribution in [1.29, 1.82) is 0 Å². The van der Waals surface area contributed by atoms with Crippen molar-refractivity contribution in [2.24, 2.45) is 0 Å². The Morgan fingerprint density at radius 2 is 1.14 bits per heavy atom. The van der Waals surface area contributed by atoms with Gasteiger partial charge in [0, 0.05) is 0 Å². The fourth-order valence-electron chi connectivity index (χ4n) is 2.65. The molecule has 3 aromatic carbocycles. The fourth-order valence-corrected chi connectivity index (χ4v) is 2.65. The van der Waals surface area contributed by atoms with Crippen LogP contribution in [-0.4, -0.2) is 25.7 Å². The van der Waals surface area contributed by atoms with Gasteiger partial charge in [0.25, 0.3) is 0 Å². The first kappa shape index (κ1) is 19.2. The number of hydrogen-bond acceptors (Lipinski definition) is 5. The summed E-state index contributed by atoms with van der Waals surface area (Å²) in [6.45, 7) is 2.57. The number of carbonyl (C=O) groups is 2. The van der Waals surface area contributed by atoms with E-state index in [2.05, 4.69) is 4.74 Å². The van der Waals surface area contributed by atoms with Crippen LogP contribution < -0.4 is 9.47 Å². The van der Waals surface area contributed by atoms with Crippen LogP contribution in [0.5, 0.6) is 11.5 Å². The lowest BCUT2D eigenvalue weighted by molar-refractivity contribution is 0.0600. The maximum Gasteiger partial charge on any atom is 0.343 e. The largest absolute Gasteiger partial charge is 0.494 e. The van der Waals surface area contributed by atoms with E-state index in [0.717, 1.165) is 16.9 Å². The zero-order valence-electron chi connectivity index (χ0n) is 15.7. The van der Waals surface area contributed by atoms with Crippen LogP contribution in [-0.2, 0) is 4.74 Å². The number of rotatable bonds is 6. The van der Waals surface area contributed by atoms with Gasteiger partial charge in [-0.15, -0.1) is 0 Å². The van der Waals surface area contributed by atoms with Crippen LogP contribution in [0.3, 0.4) is 0 Å². The highest BCUT2D eigenvalue weighted by Crippen LogP contribution is 2.23. The molecule has 0 N–H and O–H groups in total. The second-order valence-electron chi connectivity index (χ2n) is 5.94. The molecular weight excluding hydrogens is 356 g/mol. The lowest BCUT2D eigenvalue weighted by Crippen LogP contribution is -2.08. The molecule has 0 spiro atoms. The van der Waals surface area contributed by atoms with Crippen molar-refractivity contribution in [2.75, 3.05) is 13.7 Å². The molecule has 0 atom stereocenters. The number of methoxy groups -OCH3 is 1. The van der Waals surface area contributed by atoms with Crippen molar-refractivity contribution >= 4 is 11.9 Å². The molecule has 0 aliphatic rings. The minimum Gasteiger partial charge on any atom is -0.494 e. The number of hydrogen-bond donors (Lipinski definition) is 0. The normalized spacial score (nSPS) is 10.2. The summed E-state index contributed by atoms with van der Waals surface area (Å²) >= 11 is 0. The van der Waals surface area contributed by atoms with Crippen molar-refractivity contribution in [3.63, 3.8) is 0 Å². The predicted octanol–water partition coefficient (Wildman–Crippen LogP) is 4.76. The molecular formula is C23H20O5. The monoisotopic (exact) mass is 376 g/mol. The zero-order chi connectivity index (χ0) is 19.9. The average molecular weight is 376 g/mol. The fraction of sp³-hybridized carbons (Fsp3) is 0.130. The van der Waals surface area contributed by atoms with Gasteiger partial charge in [0.2, 0.25) is 0 Å². The van der Waals surface area contributed by atoms with Gasteiger partial charge in [-0.2, -0.15) is 0 Å². The van der Waals surface area contributed by atoms with Gasteiger partial charge >= 0.3 is 11.9 Å². The third-order valence-corrected chi connectivity index (χ3v) is 4.11. The summed E-state index contributed by atoms with van der Waals surface area (Å²) in [7, 11) is 1.31. The van der Waals surface area contributed by atoms with Gasteiger partial charge in [0.1, 0.15) is 11.5 Å². The average Bonchev–Trinajstić information content (AvgIpc) is 2.74. The maximum atomic E-state index is 12.3. The molecule has 28 heavy (non-hydrogen) atoms. The smallest absolute Gasteiger partial charge is 0.343 e. The summed E-state index contributed by atoms with van der Waals surface area (Å²) in [4.78, 5) is 23.8. The summed E-state index contributed by atoms with van der Waals surface area (Å²) in [5.74, 6) is 0.268. The molecule has 0 heterocycles. The molecule has 3 rings (SSSR count). The van der Waals surface area contributed by atoms with Crippen molar-refractivity contribution in [3.8, 4) is 22.6 Å². The van der Waals surface area contributed by atoms with E-state index < -0.39 is 11.9 Å². The van der Waals surface area contributed by atoms with Crippen LogP contribution in [0.15, 0.2) is 72.8 Å². The predicted molar refractivity (Wildman–Crippen MR) is 106 cm³/mol. The number of ether oxygens (including phenoxy) is 3. The summed E-state index contributed by atoms with van der Waals surface area (Å²) in [6.07, 6.45) is 0. The SMILES string of the molecule is CCOc1ccc(-c2ccc(C(=O)Oc3ccc(C(=O)OC)cc3)cc2)cc1. The van der Waals surface area contributed by atoms with Crippen molar-refractivity contribution in [1.82, 2.24) is 0 Å². The molecule has 0 amide bonds. The number of esters is 2. The van der Waals surface area contributed by atoms with Gasteiger partial charge in [-0.1, -0.05) is 24.3 Å². The molecule has 5 nitrogen and oxygen atoms in total. The van der Waals surface area contributed by atoms with Crippen LogP contribution >= 0.6 is 0 Å². The molecule has 0 saturated carbocycles. The highest BCUT2D eigenvalue weighted by atomic mass is 16.5. The molecule has 0 bridgehead atoms. The van der Waals surface area contributed by atoms with E-state index in [1.54, 1.807) is 36.4 Å². The molecule has 0 fully saturated rings. The van der Waals surface area contributed by atoms with Gasteiger partial charge in [-0.05, 0) is 66.6 Å². The van der Waals surface area contributed by atoms with E-state index in [0.29, 0.717) is 23.5 Å². The molecule has 0 aliphatic carbocycles. The molecule has 3 aromatic rings. The highest BCUT2D eigenvalue weighted by Gasteiger charge is 2.10. The van der Waals surface area contributed by atoms with E-state index in [9.17, 15) is 9.59 Å². The minimum absolute atomic E-state index is 0.355. The third kappa shape index (κ3) is 4.57. The van der Waals surface area contributed by atoms with E-state index in [-0.39, 0.29) is 0 Å². The first-order valence-electron chi connectivity index (χ1n) is 8.84. The van der Waals surface area contributed by atoms with E-state index in [1.165, 1.54) is 7.11 Å². The maximum absolute atomic E-state index is 12.3. The highest BCUT2D eigenvalue weighted by molar-refractivity contribution is 5.92. The lowest BCUT2D eigenvalue weighted by atomic mass is 10.0. The second-order valence-corrected chi connectivity index (χ2v) is 5.94. The molecule has 0 aromatic heterocycles. The lowest BCUT2D eigenvalue weighted by Gasteiger charge is -2.07. The Bertz CT molecular complexity index is 942. The molecule has 0 aliphatic heterocycles. The number of benzene rings is 3. The molecule has 142 valence electrons. The topological polar surface area (TPSA) is 61.8 Å². The van der Waals surface area contributed by atoms with E-state index in [1.807, 2.05) is 43.3 Å². The van der Waals surface area contributed by atoms with Gasteiger partial charge in [-0.3, -0.25) is 0 Å². The summed E-state index contributed by atoms with van der Waals surface area (Å²) < 4.78 is 15.4. The first-order valence-corrected chi connectivity index (χ1v) is 8.84. The van der Waals surface area contributed by atoms with Crippen molar-refractivity contribution in [3.05, 3.63) is 83.9 Å². The summed E-state index contributed by atoms with van der Waals surface area (Å²) in [6, 6.07) is 21.2. The van der Waals surface area contributed by atoms with Gasteiger partial charge in [0.15, 0.2) is 0 Å². The molecule has 0 radical (unpaired) electrons. The Labute approximate surface area is 163 Å². The Kier molecular flexibility index (Phi) is 6.07. The van der Waals surface area contributed by atoms with Gasteiger partial charge in [-0.25, -0.2) is 9.59 Å². The Balaban J connectivity index is 1.67. The zero-order valence-corrected chi connectivity index (χ0v) is 15.7. The minimum atomic E-state index is -0.468. The second kappa shape index (κ2) is 8.86. The Morgan fingerprint density at radius 1 is 0.679 bits per heavy atom. The quantitative estimate of drug-likeness (QED) is 0.459. The standard InChI is InChI=1S/C23H20O5/c1-3-27-20-12-8-17(9-13-20)16-4-6-19(7-5-16)23(25)28-21-14-10-18(11-15-21)22(24)26-2/h4-15H,3H2,1-2H3. The van der Waals surface area contributed by atoms with Crippen LogP contribution in [0, 0.1) is 0 Å². The van der Waals surface area contributed by atoms with Gasteiger partial charge in [0.05, 0.1) is 24.8 Å². The summed E-state index contributed by atoms with van der Waals surface area (Å²) in [5.41, 5.74) is 2.84.